The van der Waals surface area contributed by atoms with Gasteiger partial charge in [-0.25, -0.2) is 4.68 Å². The predicted molar refractivity (Wildman–Crippen MR) is 89.8 cm³/mol. The highest BCUT2D eigenvalue weighted by molar-refractivity contribution is 7.99. The highest BCUT2D eigenvalue weighted by atomic mass is 35.5. The maximum atomic E-state index is 10.8. The molecule has 24 heavy (non-hydrogen) atoms. The Kier molecular flexibility index (Phi) is 3.58. The first-order valence-corrected chi connectivity index (χ1v) is 8.20. The Morgan fingerprint density at radius 3 is 2.71 bits per heavy atom. The van der Waals surface area contributed by atoms with Crippen molar-refractivity contribution in [2.45, 2.75) is 5.16 Å². The Hall–Kier alpha value is -2.65. The summed E-state index contributed by atoms with van der Waals surface area (Å²) < 4.78 is 6.98. The summed E-state index contributed by atoms with van der Waals surface area (Å²) in [4.78, 5) is -0.566. The molecular weight excluding hydrogens is 354 g/mol. The van der Waals surface area contributed by atoms with Crippen LogP contribution in [0.2, 0.25) is 5.02 Å². The summed E-state index contributed by atoms with van der Waals surface area (Å²) in [5.74, 6) is 1.28. The van der Waals surface area contributed by atoms with Crippen LogP contribution in [0.1, 0.15) is 0 Å². The summed E-state index contributed by atoms with van der Waals surface area (Å²) in [7, 11) is 0. The molecule has 2 aliphatic rings. The van der Waals surface area contributed by atoms with E-state index < -0.39 is 4.90 Å². The number of ether oxygens (including phenoxy) is 1. The summed E-state index contributed by atoms with van der Waals surface area (Å²) >= 11 is 7.38. The number of allylic oxidation sites excluding steroid dienone is 1. The van der Waals surface area contributed by atoms with E-state index in [4.69, 9.17) is 16.3 Å². The molecule has 8 nitrogen and oxygen atoms in total. The van der Waals surface area contributed by atoms with Gasteiger partial charge in [-0.3, -0.25) is 5.43 Å². The molecule has 0 aliphatic carbocycles. The van der Waals surface area contributed by atoms with Crippen LogP contribution in [0.3, 0.4) is 0 Å². The van der Waals surface area contributed by atoms with Crippen LogP contribution in [0.25, 0.3) is 11.4 Å². The average Bonchev–Trinajstić information content (AvgIpc) is 3.22. The van der Waals surface area contributed by atoms with Crippen LogP contribution in [0, 0.1) is 10.4 Å². The third-order valence-electron chi connectivity index (χ3n) is 3.40. The van der Waals surface area contributed by atoms with Gasteiger partial charge in [0.1, 0.15) is 0 Å². The van der Waals surface area contributed by atoms with Crippen LogP contribution in [0.4, 0.5) is 0 Å². The number of hydrogen-bond acceptors (Lipinski definition) is 7. The summed E-state index contributed by atoms with van der Waals surface area (Å²) in [6.45, 7) is 0. The minimum Gasteiger partial charge on any atom is -0.610 e. The quantitative estimate of drug-likeness (QED) is 0.614. The lowest BCUT2D eigenvalue weighted by Gasteiger charge is -2.20. The third-order valence-corrected chi connectivity index (χ3v) is 4.60. The summed E-state index contributed by atoms with van der Waals surface area (Å²) in [5.41, 5.74) is 4.71. The van der Waals surface area contributed by atoms with Crippen LogP contribution < -0.4 is 5.43 Å². The van der Waals surface area contributed by atoms with Crippen LogP contribution in [0.15, 0.2) is 53.0 Å². The van der Waals surface area contributed by atoms with Gasteiger partial charge in [-0.15, -0.1) is 15.1 Å². The monoisotopic (exact) mass is 362 g/mol. The smallest absolute Gasteiger partial charge is 0.391 e. The van der Waals surface area contributed by atoms with Crippen molar-refractivity contribution in [3.05, 3.63) is 63.3 Å². The molecule has 0 atom stereocenters. The number of nitrogens with zero attached hydrogens (tertiary/aromatic N) is 4. The van der Waals surface area contributed by atoms with Gasteiger partial charge in [-0.2, -0.15) is 0 Å². The lowest BCUT2D eigenvalue weighted by Crippen LogP contribution is -2.24. The molecule has 3 heterocycles. The lowest BCUT2D eigenvalue weighted by atomic mass is 10.2. The average molecular weight is 363 g/mol. The topological polar surface area (TPSA) is 101 Å². The fourth-order valence-electron chi connectivity index (χ4n) is 2.27. The Bertz CT molecular complexity index is 900. The summed E-state index contributed by atoms with van der Waals surface area (Å²) in [6.07, 6.45) is 2.90. The fourth-order valence-corrected chi connectivity index (χ4v) is 3.23. The highest BCUT2D eigenvalue weighted by Crippen LogP contribution is 2.30. The largest absolute Gasteiger partial charge is 0.610 e. The normalized spacial score (nSPS) is 19.0. The van der Waals surface area contributed by atoms with Crippen LogP contribution in [-0.4, -0.2) is 31.4 Å². The molecular formula is C14H9ClN5O3S-. The van der Waals surface area contributed by atoms with Crippen molar-refractivity contribution >= 4 is 29.3 Å². The molecule has 0 saturated heterocycles. The molecule has 0 spiro atoms. The predicted octanol–water partition coefficient (Wildman–Crippen LogP) is 2.45. The van der Waals surface area contributed by atoms with E-state index in [2.05, 4.69) is 15.6 Å². The van der Waals surface area contributed by atoms with Gasteiger partial charge in [-0.05, 0) is 30.3 Å². The van der Waals surface area contributed by atoms with Gasteiger partial charge in [0.05, 0.1) is 11.8 Å². The van der Waals surface area contributed by atoms with Crippen LogP contribution in [-0.2, 0) is 4.74 Å². The van der Waals surface area contributed by atoms with Gasteiger partial charge < -0.3 is 15.2 Å². The molecule has 10 heteroatoms. The maximum absolute atomic E-state index is 10.8. The second-order valence-corrected chi connectivity index (χ2v) is 6.30. The third kappa shape index (κ3) is 2.57. The second kappa shape index (κ2) is 5.77. The number of hydrogen-bond donors (Lipinski definition) is 1. The van der Waals surface area contributed by atoms with E-state index >= 15 is 0 Å². The zero-order valence-corrected chi connectivity index (χ0v) is 13.5. The van der Waals surface area contributed by atoms with Gasteiger partial charge >= 0.3 is 5.90 Å². The van der Waals surface area contributed by atoms with Gasteiger partial charge in [0, 0.05) is 16.3 Å². The number of halogens is 1. The minimum atomic E-state index is -0.566. The Morgan fingerprint density at radius 1 is 1.21 bits per heavy atom. The van der Waals surface area contributed by atoms with Crippen molar-refractivity contribution in [2.24, 2.45) is 0 Å². The number of aromatic nitrogens is 3. The van der Waals surface area contributed by atoms with Crippen molar-refractivity contribution in [1.82, 2.24) is 14.9 Å². The Morgan fingerprint density at radius 2 is 2.00 bits per heavy atom. The zero-order valence-electron chi connectivity index (χ0n) is 12.0. The van der Waals surface area contributed by atoms with Crippen molar-refractivity contribution < 1.29 is 9.64 Å². The molecule has 1 N–H and O–H groups in total. The fraction of sp³-hybridized carbons (Fsp3) is 0.0714. The van der Waals surface area contributed by atoms with E-state index in [1.54, 1.807) is 22.9 Å². The van der Waals surface area contributed by atoms with E-state index in [9.17, 15) is 10.4 Å². The molecule has 2 aliphatic heterocycles. The molecule has 0 unspecified atom stereocenters. The van der Waals surface area contributed by atoms with Crippen molar-refractivity contribution in [3.8, 4) is 11.4 Å². The molecule has 122 valence electrons. The first-order valence-electron chi connectivity index (χ1n) is 6.83. The van der Waals surface area contributed by atoms with Gasteiger partial charge in [0.15, 0.2) is 11.6 Å². The second-order valence-electron chi connectivity index (χ2n) is 4.92. The lowest BCUT2D eigenvalue weighted by molar-refractivity contribution is -0.388. The first-order chi connectivity index (χ1) is 11.6. The van der Waals surface area contributed by atoms with Gasteiger partial charge in [0.25, 0.3) is 0 Å². The number of fused-ring (bicyclic) bond motifs is 1. The van der Waals surface area contributed by atoms with Crippen molar-refractivity contribution in [1.29, 1.82) is 0 Å². The molecule has 1 aromatic heterocycles. The summed E-state index contributed by atoms with van der Waals surface area (Å²) in [5, 5.41) is 31.2. The maximum Gasteiger partial charge on any atom is 0.391 e. The molecule has 0 amide bonds. The number of rotatable bonds is 1. The van der Waals surface area contributed by atoms with E-state index in [1.807, 2.05) is 12.1 Å². The van der Waals surface area contributed by atoms with Crippen molar-refractivity contribution in [3.63, 3.8) is 0 Å². The molecule has 2 aromatic rings. The molecule has 4 rings (SSSR count). The first kappa shape index (κ1) is 14.9. The molecule has 0 radical (unpaired) electrons. The standard InChI is InChI=1S/C14H9ClN5O3S/c15-9-3-1-8(2-4-9)13-16-17-14-19(13)18-10(7-24-14)11-5-6-12(23-11)20(21)22/h1-6,18H,7H2/q-1. The molecule has 0 saturated carbocycles. The van der Waals surface area contributed by atoms with Crippen molar-refractivity contribution in [2.75, 3.05) is 11.2 Å². The Balaban J connectivity index is 1.68. The number of benzene rings is 1. The molecule has 0 bridgehead atoms. The SMILES string of the molecule is [O-][N+]([O-])=C1C=CC(=C2CSc3nnc(-c4ccc(Cl)cc4)n3N2)O1. The number of nitrogens with one attached hydrogen (secondary N) is 1. The Labute approximate surface area is 145 Å². The van der Waals surface area contributed by atoms with E-state index in [1.165, 1.54) is 17.8 Å². The number of thioether (sulfide) groups is 1. The van der Waals surface area contributed by atoms with E-state index in [0.717, 1.165) is 5.56 Å². The van der Waals surface area contributed by atoms with Crippen LogP contribution >= 0.6 is 23.4 Å². The molecule has 1 aromatic carbocycles. The highest BCUT2D eigenvalue weighted by Gasteiger charge is 2.25. The molecule has 0 fully saturated rings. The van der Waals surface area contributed by atoms with Gasteiger partial charge in [0.2, 0.25) is 5.16 Å². The summed E-state index contributed by atoms with van der Waals surface area (Å²) in [6, 6.07) is 7.24. The van der Waals surface area contributed by atoms with E-state index in [0.29, 0.717) is 33.2 Å². The minimum absolute atomic E-state index is 0.295. The zero-order chi connectivity index (χ0) is 16.7. The van der Waals surface area contributed by atoms with E-state index in [-0.39, 0.29) is 5.90 Å². The van der Waals surface area contributed by atoms with Crippen LogP contribution in [0.5, 0.6) is 0 Å². The van der Waals surface area contributed by atoms with Gasteiger partial charge in [-0.1, -0.05) is 23.4 Å².